The summed E-state index contributed by atoms with van der Waals surface area (Å²) in [7, 11) is 0. The first kappa shape index (κ1) is 14.4. The zero-order valence-corrected chi connectivity index (χ0v) is 11.2. The minimum Gasteiger partial charge on any atom is -0.207 e. The van der Waals surface area contributed by atoms with Crippen LogP contribution >= 0.6 is 0 Å². The Morgan fingerprint density at radius 3 is 1.83 bits per heavy atom. The van der Waals surface area contributed by atoms with Gasteiger partial charge in [0.2, 0.25) is 0 Å². The van der Waals surface area contributed by atoms with E-state index in [1.807, 2.05) is 27.7 Å². The predicted molar refractivity (Wildman–Crippen MR) is 72.6 cm³/mol. The highest BCUT2D eigenvalue weighted by molar-refractivity contribution is 5.70. The second kappa shape index (κ2) is 6.29. The fourth-order valence-corrected chi connectivity index (χ4v) is 1.81. The van der Waals surface area contributed by atoms with Crippen LogP contribution in [-0.2, 0) is 0 Å². The van der Waals surface area contributed by atoms with Gasteiger partial charge in [-0.15, -0.1) is 0 Å². The summed E-state index contributed by atoms with van der Waals surface area (Å²) in [6.07, 6.45) is 0. The summed E-state index contributed by atoms with van der Waals surface area (Å²) >= 11 is 0. The number of hydrogen-bond acceptors (Lipinski definition) is 0. The molecule has 2 aromatic carbocycles. The Morgan fingerprint density at radius 2 is 1.22 bits per heavy atom. The summed E-state index contributed by atoms with van der Waals surface area (Å²) < 4.78 is 26.1. The molecule has 0 aliphatic rings. The molecule has 0 heterocycles. The van der Waals surface area contributed by atoms with Crippen LogP contribution in [0, 0.1) is 25.5 Å². The van der Waals surface area contributed by atoms with E-state index in [1.54, 1.807) is 12.1 Å². The molecule has 0 spiro atoms. The number of halogens is 2. The van der Waals surface area contributed by atoms with Gasteiger partial charge in [-0.1, -0.05) is 26.0 Å². The van der Waals surface area contributed by atoms with Crippen LogP contribution in [0.15, 0.2) is 36.4 Å². The Morgan fingerprint density at radius 1 is 0.667 bits per heavy atom. The van der Waals surface area contributed by atoms with Crippen molar-refractivity contribution in [2.45, 2.75) is 27.7 Å². The molecule has 0 N–H and O–H groups in total. The predicted octanol–water partition coefficient (Wildman–Crippen LogP) is 5.27. The van der Waals surface area contributed by atoms with Gasteiger partial charge in [-0.25, -0.2) is 8.78 Å². The van der Waals surface area contributed by atoms with Gasteiger partial charge >= 0.3 is 0 Å². The van der Waals surface area contributed by atoms with Crippen LogP contribution in [0.5, 0.6) is 0 Å². The van der Waals surface area contributed by atoms with Gasteiger partial charge in [0.05, 0.1) is 0 Å². The molecule has 0 saturated carbocycles. The molecule has 0 aromatic heterocycles. The van der Waals surface area contributed by atoms with Crippen LogP contribution in [-0.4, -0.2) is 0 Å². The summed E-state index contributed by atoms with van der Waals surface area (Å²) in [6.45, 7) is 7.74. The molecule has 0 radical (unpaired) electrons. The van der Waals surface area contributed by atoms with Crippen LogP contribution < -0.4 is 0 Å². The second-order valence-corrected chi connectivity index (χ2v) is 3.92. The van der Waals surface area contributed by atoms with Crippen molar-refractivity contribution < 1.29 is 8.78 Å². The van der Waals surface area contributed by atoms with Crippen LogP contribution in [0.25, 0.3) is 11.1 Å². The highest BCUT2D eigenvalue weighted by Gasteiger charge is 2.07. The molecular formula is C16H18F2. The van der Waals surface area contributed by atoms with E-state index in [-0.39, 0.29) is 11.6 Å². The number of benzene rings is 2. The van der Waals surface area contributed by atoms with Gasteiger partial charge in [-0.3, -0.25) is 0 Å². The highest BCUT2D eigenvalue weighted by Crippen LogP contribution is 2.27. The van der Waals surface area contributed by atoms with E-state index in [0.29, 0.717) is 0 Å². The van der Waals surface area contributed by atoms with Gasteiger partial charge in [0, 0.05) is 0 Å². The van der Waals surface area contributed by atoms with Crippen LogP contribution in [0.2, 0.25) is 0 Å². The standard InChI is InChI=1S/C14H12F2.C2H6/c1-9-3-4-12(16)8-14(9)13-6-5-11(15)7-10(13)2;1-2/h3-8H,1-2H3;1-2H3. The van der Waals surface area contributed by atoms with Gasteiger partial charge in [0.25, 0.3) is 0 Å². The van der Waals surface area contributed by atoms with E-state index in [0.717, 1.165) is 22.3 Å². The Labute approximate surface area is 107 Å². The van der Waals surface area contributed by atoms with E-state index < -0.39 is 0 Å². The molecule has 96 valence electrons. The lowest BCUT2D eigenvalue weighted by Gasteiger charge is -2.09. The fourth-order valence-electron chi connectivity index (χ4n) is 1.81. The van der Waals surface area contributed by atoms with E-state index in [4.69, 9.17) is 0 Å². The molecule has 0 saturated heterocycles. The van der Waals surface area contributed by atoms with Crippen LogP contribution in [0.4, 0.5) is 8.78 Å². The maximum atomic E-state index is 13.2. The average Bonchev–Trinajstić information content (AvgIpc) is 2.35. The largest absolute Gasteiger partial charge is 0.207 e. The van der Waals surface area contributed by atoms with Gasteiger partial charge in [0.1, 0.15) is 11.6 Å². The first-order valence-electron chi connectivity index (χ1n) is 6.10. The molecular weight excluding hydrogens is 230 g/mol. The van der Waals surface area contributed by atoms with Crippen molar-refractivity contribution in [3.8, 4) is 11.1 Å². The molecule has 0 unspecified atom stereocenters. The molecule has 18 heavy (non-hydrogen) atoms. The summed E-state index contributed by atoms with van der Waals surface area (Å²) in [6, 6.07) is 9.18. The van der Waals surface area contributed by atoms with Gasteiger partial charge in [-0.2, -0.15) is 0 Å². The van der Waals surface area contributed by atoms with E-state index >= 15 is 0 Å². The Balaban J connectivity index is 0.000000771. The van der Waals surface area contributed by atoms with Crippen molar-refractivity contribution in [2.75, 3.05) is 0 Å². The van der Waals surface area contributed by atoms with E-state index in [9.17, 15) is 8.78 Å². The SMILES string of the molecule is CC.Cc1cc(F)ccc1-c1cc(F)ccc1C. The molecule has 2 heteroatoms. The fraction of sp³-hybridized carbons (Fsp3) is 0.250. The summed E-state index contributed by atoms with van der Waals surface area (Å²) in [4.78, 5) is 0. The van der Waals surface area contributed by atoms with Crippen molar-refractivity contribution in [1.82, 2.24) is 0 Å². The van der Waals surface area contributed by atoms with Crippen molar-refractivity contribution in [3.63, 3.8) is 0 Å². The molecule has 0 aliphatic carbocycles. The van der Waals surface area contributed by atoms with Crippen molar-refractivity contribution in [1.29, 1.82) is 0 Å². The minimum atomic E-state index is -0.274. The minimum absolute atomic E-state index is 0.268. The Bertz CT molecular complexity index is 531. The molecule has 0 amide bonds. The first-order chi connectivity index (χ1) is 8.58. The third-order valence-electron chi connectivity index (χ3n) is 2.68. The molecule has 0 atom stereocenters. The maximum Gasteiger partial charge on any atom is 0.123 e. The van der Waals surface area contributed by atoms with Gasteiger partial charge in [-0.05, 0) is 60.4 Å². The number of aryl methyl sites for hydroxylation is 2. The third-order valence-corrected chi connectivity index (χ3v) is 2.68. The van der Waals surface area contributed by atoms with Crippen molar-refractivity contribution in [2.24, 2.45) is 0 Å². The Kier molecular flexibility index (Phi) is 5.02. The summed E-state index contributed by atoms with van der Waals surface area (Å²) in [5, 5.41) is 0. The average molecular weight is 248 g/mol. The zero-order valence-electron chi connectivity index (χ0n) is 11.2. The van der Waals surface area contributed by atoms with Gasteiger partial charge < -0.3 is 0 Å². The quantitative estimate of drug-likeness (QED) is 0.644. The van der Waals surface area contributed by atoms with Gasteiger partial charge in [0.15, 0.2) is 0 Å². The third kappa shape index (κ3) is 3.16. The lowest BCUT2D eigenvalue weighted by molar-refractivity contribution is 0.626. The highest BCUT2D eigenvalue weighted by atomic mass is 19.1. The van der Waals surface area contributed by atoms with Crippen molar-refractivity contribution >= 4 is 0 Å². The lowest BCUT2D eigenvalue weighted by atomic mass is 9.96. The molecule has 0 aliphatic heterocycles. The number of rotatable bonds is 1. The normalized spacial score (nSPS) is 9.67. The molecule has 2 rings (SSSR count). The maximum absolute atomic E-state index is 13.2. The molecule has 0 bridgehead atoms. The van der Waals surface area contributed by atoms with Crippen LogP contribution in [0.1, 0.15) is 25.0 Å². The monoisotopic (exact) mass is 248 g/mol. The van der Waals surface area contributed by atoms with Crippen molar-refractivity contribution in [3.05, 3.63) is 59.2 Å². The molecule has 2 aromatic rings. The smallest absolute Gasteiger partial charge is 0.123 e. The zero-order chi connectivity index (χ0) is 13.7. The van der Waals surface area contributed by atoms with E-state index in [1.165, 1.54) is 24.3 Å². The van der Waals surface area contributed by atoms with Crippen LogP contribution in [0.3, 0.4) is 0 Å². The number of hydrogen-bond donors (Lipinski definition) is 0. The molecule has 0 fully saturated rings. The second-order valence-electron chi connectivity index (χ2n) is 3.92. The summed E-state index contributed by atoms with van der Waals surface area (Å²) in [5.41, 5.74) is 3.49. The molecule has 0 nitrogen and oxygen atoms in total. The summed E-state index contributed by atoms with van der Waals surface area (Å²) in [5.74, 6) is -0.542. The lowest BCUT2D eigenvalue weighted by Crippen LogP contribution is -1.89. The first-order valence-corrected chi connectivity index (χ1v) is 6.10. The Hall–Kier alpha value is -1.70. The topological polar surface area (TPSA) is 0 Å². The van der Waals surface area contributed by atoms with E-state index in [2.05, 4.69) is 0 Å².